The van der Waals surface area contributed by atoms with Crippen LogP contribution in [0.1, 0.15) is 6.92 Å². The third kappa shape index (κ3) is 0.555. The maximum atomic E-state index is 8.99. The van der Waals surface area contributed by atoms with E-state index in [9.17, 15) is 0 Å². The molecule has 3 nitrogen and oxygen atoms in total. The molecule has 0 radical (unpaired) electrons. The van der Waals surface area contributed by atoms with E-state index in [1.54, 1.807) is 6.92 Å². The Balaban J connectivity index is 2.45. The normalized spacial score (nSPS) is 54.0. The average molecular weight is 118 g/mol. The first-order valence-electron chi connectivity index (χ1n) is 2.54. The molecule has 1 fully saturated rings. The van der Waals surface area contributed by atoms with Crippen LogP contribution in [-0.4, -0.2) is 35.1 Å². The zero-order chi connectivity index (χ0) is 6.36. The van der Waals surface area contributed by atoms with Crippen LogP contribution in [0.3, 0.4) is 0 Å². The van der Waals surface area contributed by atoms with E-state index in [1.165, 1.54) is 7.11 Å². The number of rotatable bonds is 1. The van der Waals surface area contributed by atoms with Gasteiger partial charge in [-0.3, -0.25) is 0 Å². The van der Waals surface area contributed by atoms with Crippen LogP contribution in [0.15, 0.2) is 0 Å². The minimum atomic E-state index is -0.991. The molecule has 0 saturated heterocycles. The van der Waals surface area contributed by atoms with Crippen LogP contribution < -0.4 is 0 Å². The second-order valence-corrected chi connectivity index (χ2v) is 2.33. The summed E-state index contributed by atoms with van der Waals surface area (Å²) in [6, 6.07) is 0. The zero-order valence-corrected chi connectivity index (χ0v) is 4.96. The Morgan fingerprint density at radius 1 is 1.62 bits per heavy atom. The van der Waals surface area contributed by atoms with Crippen molar-refractivity contribution in [2.24, 2.45) is 0 Å². The highest BCUT2D eigenvalue weighted by Gasteiger charge is 2.61. The Kier molecular flexibility index (Phi) is 1.08. The Labute approximate surface area is 47.9 Å². The minimum absolute atomic E-state index is 0.373. The lowest BCUT2D eigenvalue weighted by molar-refractivity contribution is 0.0700. The lowest BCUT2D eigenvalue weighted by Gasteiger charge is -1.95. The molecule has 3 atom stereocenters. The molecule has 1 aliphatic rings. The number of aliphatic hydroxyl groups excluding tert-OH is 1. The molecular formula is C5H10O3. The number of hydrogen-bond donors (Lipinski definition) is 2. The fraction of sp³-hybridized carbons (Fsp3) is 1.00. The summed E-state index contributed by atoms with van der Waals surface area (Å²) in [5.41, 5.74) is -0.991. The fourth-order valence-electron chi connectivity index (χ4n) is 0.807. The van der Waals surface area contributed by atoms with Crippen LogP contribution in [0, 0.1) is 0 Å². The van der Waals surface area contributed by atoms with Crippen molar-refractivity contribution in [2.45, 2.75) is 24.7 Å². The second kappa shape index (κ2) is 1.43. The lowest BCUT2D eigenvalue weighted by Crippen LogP contribution is -2.09. The molecule has 1 aliphatic carbocycles. The molecule has 0 aliphatic heterocycles. The Morgan fingerprint density at radius 2 is 2.00 bits per heavy atom. The van der Waals surface area contributed by atoms with Gasteiger partial charge in [-0.25, -0.2) is 0 Å². The van der Waals surface area contributed by atoms with Crippen molar-refractivity contribution in [3.63, 3.8) is 0 Å². The van der Waals surface area contributed by atoms with Crippen LogP contribution in [0.25, 0.3) is 0 Å². The zero-order valence-electron chi connectivity index (χ0n) is 4.96. The van der Waals surface area contributed by atoms with Crippen molar-refractivity contribution in [2.75, 3.05) is 7.11 Å². The van der Waals surface area contributed by atoms with Gasteiger partial charge in [-0.05, 0) is 6.92 Å². The van der Waals surface area contributed by atoms with Crippen molar-refractivity contribution in [3.8, 4) is 0 Å². The quantitative estimate of drug-likeness (QED) is 0.470. The van der Waals surface area contributed by atoms with Gasteiger partial charge in [-0.1, -0.05) is 0 Å². The van der Waals surface area contributed by atoms with E-state index in [-0.39, 0.29) is 6.10 Å². The number of methoxy groups -OCH3 is 1. The summed E-state index contributed by atoms with van der Waals surface area (Å²) >= 11 is 0. The van der Waals surface area contributed by atoms with Gasteiger partial charge in [0.15, 0.2) is 0 Å². The van der Waals surface area contributed by atoms with Crippen molar-refractivity contribution < 1.29 is 14.9 Å². The average Bonchev–Trinajstić information content (AvgIpc) is 2.09. The second-order valence-electron chi connectivity index (χ2n) is 2.33. The molecule has 0 aromatic heterocycles. The minimum Gasteiger partial charge on any atom is -0.387 e. The smallest absolute Gasteiger partial charge is 0.119 e. The summed E-state index contributed by atoms with van der Waals surface area (Å²) in [6.45, 7) is 1.55. The predicted octanol–water partition coefficient (Wildman–Crippen LogP) is -0.873. The molecule has 3 heteroatoms. The molecule has 0 bridgehead atoms. The summed E-state index contributed by atoms with van der Waals surface area (Å²) in [6.07, 6.45) is -1.06. The van der Waals surface area contributed by atoms with Crippen LogP contribution in [0.4, 0.5) is 0 Å². The molecule has 0 aromatic carbocycles. The summed E-state index contributed by atoms with van der Waals surface area (Å²) in [5, 5.41) is 17.8. The topological polar surface area (TPSA) is 49.7 Å². The lowest BCUT2D eigenvalue weighted by atomic mass is 10.4. The Bertz CT molecular complexity index is 99.8. The maximum absolute atomic E-state index is 8.99. The summed E-state index contributed by atoms with van der Waals surface area (Å²) < 4.78 is 4.69. The van der Waals surface area contributed by atoms with Crippen molar-refractivity contribution in [1.82, 2.24) is 0 Å². The van der Waals surface area contributed by atoms with Gasteiger partial charge in [0.1, 0.15) is 17.8 Å². The van der Waals surface area contributed by atoms with E-state index in [1.807, 2.05) is 0 Å². The van der Waals surface area contributed by atoms with E-state index < -0.39 is 11.7 Å². The van der Waals surface area contributed by atoms with Gasteiger partial charge in [0.05, 0.1) is 0 Å². The van der Waals surface area contributed by atoms with E-state index in [4.69, 9.17) is 10.2 Å². The van der Waals surface area contributed by atoms with Gasteiger partial charge >= 0.3 is 0 Å². The SMILES string of the molecule is COC1C(O)C1(C)O. The standard InChI is InChI=1S/C5H10O3/c1-5(7)3(6)4(5)8-2/h3-4,6-7H,1-2H3. The number of ether oxygens (including phenoxy) is 1. The van der Waals surface area contributed by atoms with Crippen molar-refractivity contribution >= 4 is 0 Å². The van der Waals surface area contributed by atoms with E-state index in [0.29, 0.717) is 0 Å². The molecule has 1 saturated carbocycles. The highest BCUT2D eigenvalue weighted by Crippen LogP contribution is 2.37. The molecule has 8 heavy (non-hydrogen) atoms. The molecule has 0 aromatic rings. The van der Waals surface area contributed by atoms with Gasteiger partial charge in [-0.15, -0.1) is 0 Å². The third-order valence-electron chi connectivity index (χ3n) is 1.61. The van der Waals surface area contributed by atoms with E-state index in [2.05, 4.69) is 4.74 Å². The van der Waals surface area contributed by atoms with Gasteiger partial charge in [0.25, 0.3) is 0 Å². The van der Waals surface area contributed by atoms with Crippen molar-refractivity contribution in [3.05, 3.63) is 0 Å². The molecule has 3 unspecified atom stereocenters. The van der Waals surface area contributed by atoms with Gasteiger partial charge < -0.3 is 14.9 Å². The van der Waals surface area contributed by atoms with Crippen LogP contribution in [-0.2, 0) is 4.74 Å². The van der Waals surface area contributed by atoms with Gasteiger partial charge in [-0.2, -0.15) is 0 Å². The first-order chi connectivity index (χ1) is 3.60. The third-order valence-corrected chi connectivity index (χ3v) is 1.61. The van der Waals surface area contributed by atoms with Gasteiger partial charge in [0, 0.05) is 7.11 Å². The first-order valence-corrected chi connectivity index (χ1v) is 2.54. The first kappa shape index (κ1) is 6.01. The van der Waals surface area contributed by atoms with Crippen LogP contribution >= 0.6 is 0 Å². The Hall–Kier alpha value is -0.120. The fourth-order valence-corrected chi connectivity index (χ4v) is 0.807. The van der Waals surface area contributed by atoms with E-state index >= 15 is 0 Å². The molecule has 2 N–H and O–H groups in total. The largest absolute Gasteiger partial charge is 0.387 e. The number of aliphatic hydroxyl groups is 2. The maximum Gasteiger partial charge on any atom is 0.119 e. The van der Waals surface area contributed by atoms with Crippen LogP contribution in [0.2, 0.25) is 0 Å². The van der Waals surface area contributed by atoms with Crippen molar-refractivity contribution in [1.29, 1.82) is 0 Å². The van der Waals surface area contributed by atoms with E-state index in [0.717, 1.165) is 0 Å². The monoisotopic (exact) mass is 118 g/mol. The summed E-state index contributed by atoms with van der Waals surface area (Å²) in [7, 11) is 1.47. The molecule has 48 valence electrons. The predicted molar refractivity (Wildman–Crippen MR) is 27.4 cm³/mol. The van der Waals surface area contributed by atoms with Crippen LogP contribution in [0.5, 0.6) is 0 Å². The molecule has 1 rings (SSSR count). The summed E-state index contributed by atoms with van der Waals surface area (Å²) in [5.74, 6) is 0. The molecule has 0 heterocycles. The molecule has 0 spiro atoms. The molecule has 0 amide bonds. The Morgan fingerprint density at radius 3 is 2.00 bits per heavy atom. The highest BCUT2D eigenvalue weighted by molar-refractivity contribution is 5.12. The number of hydrogen-bond acceptors (Lipinski definition) is 3. The highest BCUT2D eigenvalue weighted by atomic mass is 16.5. The van der Waals surface area contributed by atoms with Gasteiger partial charge in [0.2, 0.25) is 0 Å². The summed E-state index contributed by atoms with van der Waals surface area (Å²) in [4.78, 5) is 0. The molecular weight excluding hydrogens is 108 g/mol.